The van der Waals surface area contributed by atoms with Crippen LogP contribution < -0.4 is 5.32 Å². The number of fused-ring (bicyclic) bond motifs is 1. The summed E-state index contributed by atoms with van der Waals surface area (Å²) >= 11 is 1.57. The third-order valence-corrected chi connectivity index (χ3v) is 5.23. The van der Waals surface area contributed by atoms with Crippen molar-refractivity contribution in [2.24, 2.45) is 0 Å². The van der Waals surface area contributed by atoms with E-state index in [2.05, 4.69) is 33.9 Å². The molecule has 3 heterocycles. The Balaban J connectivity index is 1.72. The molecule has 0 fully saturated rings. The molecule has 0 aliphatic carbocycles. The van der Waals surface area contributed by atoms with Crippen LogP contribution in [0.5, 0.6) is 0 Å². The lowest BCUT2D eigenvalue weighted by atomic mass is 10.1. The van der Waals surface area contributed by atoms with Gasteiger partial charge in [-0.25, -0.2) is 0 Å². The van der Waals surface area contributed by atoms with Gasteiger partial charge in [0, 0.05) is 17.8 Å². The zero-order chi connectivity index (χ0) is 15.7. The van der Waals surface area contributed by atoms with Crippen LogP contribution >= 0.6 is 11.3 Å². The predicted octanol–water partition coefficient (Wildman–Crippen LogP) is 3.04. The third-order valence-electron chi connectivity index (χ3n) is 4.14. The number of amides is 1. The monoisotopic (exact) mass is 318 g/mol. The van der Waals surface area contributed by atoms with Crippen molar-refractivity contribution in [2.75, 3.05) is 0 Å². The summed E-state index contributed by atoms with van der Waals surface area (Å²) in [5.74, 6) is 1.88. The maximum Gasteiger partial charge on any atom is 0.261 e. The maximum absolute atomic E-state index is 12.5. The number of nitrogens with one attached hydrogen (secondary N) is 1. The van der Waals surface area contributed by atoms with Crippen LogP contribution in [0.4, 0.5) is 0 Å². The Kier molecular flexibility index (Phi) is 4.29. The minimum Gasteiger partial charge on any atom is -0.342 e. The molecular formula is C16H22N4OS. The van der Waals surface area contributed by atoms with Crippen LogP contribution in [-0.2, 0) is 19.4 Å². The lowest BCUT2D eigenvalue weighted by molar-refractivity contribution is 0.0941. The maximum atomic E-state index is 12.5. The van der Waals surface area contributed by atoms with Gasteiger partial charge in [0.1, 0.15) is 5.82 Å². The highest BCUT2D eigenvalue weighted by Gasteiger charge is 2.23. The van der Waals surface area contributed by atoms with Crippen LogP contribution in [0, 0.1) is 6.92 Å². The number of rotatable bonds is 5. The molecule has 118 valence electrons. The molecule has 6 heteroatoms. The number of carbonyl (C=O) groups excluding carboxylic acids is 1. The molecule has 1 aliphatic rings. The lowest BCUT2D eigenvalue weighted by Gasteiger charge is -2.13. The molecule has 1 atom stereocenters. The van der Waals surface area contributed by atoms with Crippen LogP contribution in [0.25, 0.3) is 0 Å². The first kappa shape index (κ1) is 15.2. The van der Waals surface area contributed by atoms with E-state index < -0.39 is 0 Å². The number of thiophene rings is 1. The average Bonchev–Trinajstić information content (AvgIpc) is 3.15. The van der Waals surface area contributed by atoms with E-state index in [4.69, 9.17) is 0 Å². The molecule has 0 radical (unpaired) electrons. The van der Waals surface area contributed by atoms with Crippen LogP contribution in [-0.4, -0.2) is 20.7 Å². The number of aryl methyl sites for hydroxylation is 3. The summed E-state index contributed by atoms with van der Waals surface area (Å²) in [6, 6.07) is 1.91. The summed E-state index contributed by atoms with van der Waals surface area (Å²) in [6.45, 7) is 7.17. The molecule has 0 unspecified atom stereocenters. The fraction of sp³-hybridized carbons (Fsp3) is 0.562. The van der Waals surface area contributed by atoms with Crippen LogP contribution in [0.15, 0.2) is 6.07 Å². The Morgan fingerprint density at radius 2 is 2.32 bits per heavy atom. The first-order chi connectivity index (χ1) is 10.6. The number of hydrogen-bond donors (Lipinski definition) is 1. The van der Waals surface area contributed by atoms with Crippen LogP contribution in [0.3, 0.4) is 0 Å². The minimum atomic E-state index is -0.121. The first-order valence-electron chi connectivity index (χ1n) is 7.92. The minimum absolute atomic E-state index is 0.0155. The van der Waals surface area contributed by atoms with E-state index >= 15 is 0 Å². The van der Waals surface area contributed by atoms with Crippen molar-refractivity contribution in [3.63, 3.8) is 0 Å². The highest BCUT2D eigenvalue weighted by molar-refractivity contribution is 7.14. The highest BCUT2D eigenvalue weighted by atomic mass is 32.1. The van der Waals surface area contributed by atoms with Crippen LogP contribution in [0.2, 0.25) is 0 Å². The van der Waals surface area contributed by atoms with Gasteiger partial charge in [0.05, 0.1) is 10.9 Å². The summed E-state index contributed by atoms with van der Waals surface area (Å²) in [6.07, 6.45) is 4.23. The molecule has 0 bridgehead atoms. The fourth-order valence-corrected chi connectivity index (χ4v) is 3.95. The van der Waals surface area contributed by atoms with E-state index in [-0.39, 0.29) is 11.9 Å². The smallest absolute Gasteiger partial charge is 0.261 e. The Hall–Kier alpha value is -1.69. The highest BCUT2D eigenvalue weighted by Crippen LogP contribution is 2.24. The van der Waals surface area contributed by atoms with Crippen molar-refractivity contribution in [3.05, 3.63) is 33.0 Å². The second-order valence-electron chi connectivity index (χ2n) is 5.87. The average molecular weight is 318 g/mol. The first-order valence-corrected chi connectivity index (χ1v) is 8.74. The molecule has 0 spiro atoms. The van der Waals surface area contributed by atoms with Gasteiger partial charge in [-0.1, -0.05) is 13.3 Å². The van der Waals surface area contributed by atoms with Crippen molar-refractivity contribution in [1.82, 2.24) is 20.1 Å². The van der Waals surface area contributed by atoms with Gasteiger partial charge in [-0.15, -0.1) is 21.5 Å². The van der Waals surface area contributed by atoms with Gasteiger partial charge in [0.25, 0.3) is 5.91 Å². The normalized spacial score (nSPS) is 14.9. The van der Waals surface area contributed by atoms with Gasteiger partial charge in [0.2, 0.25) is 0 Å². The third kappa shape index (κ3) is 2.79. The molecule has 5 nitrogen and oxygen atoms in total. The zero-order valence-corrected chi connectivity index (χ0v) is 14.2. The van der Waals surface area contributed by atoms with Gasteiger partial charge in [-0.05, 0) is 38.3 Å². The van der Waals surface area contributed by atoms with E-state index in [1.54, 1.807) is 11.3 Å². The molecular weight excluding hydrogens is 296 g/mol. The molecule has 2 aromatic rings. The number of nitrogens with zero attached hydrogens (tertiary/aromatic N) is 3. The van der Waals surface area contributed by atoms with Gasteiger partial charge < -0.3 is 9.88 Å². The largest absolute Gasteiger partial charge is 0.342 e. The van der Waals surface area contributed by atoms with Crippen LogP contribution in [0.1, 0.15) is 64.5 Å². The Labute approximate surface area is 134 Å². The summed E-state index contributed by atoms with van der Waals surface area (Å²) in [4.78, 5) is 14.5. The van der Waals surface area contributed by atoms with Gasteiger partial charge in [-0.3, -0.25) is 4.79 Å². The fourth-order valence-electron chi connectivity index (χ4n) is 2.97. The van der Waals surface area contributed by atoms with Gasteiger partial charge >= 0.3 is 0 Å². The SMILES string of the molecule is CCCc1cc(C(=O)N[C@@H](C)c2nnc3n2CCC3)sc1C. The molecule has 22 heavy (non-hydrogen) atoms. The summed E-state index contributed by atoms with van der Waals surface area (Å²) in [5, 5.41) is 11.5. The van der Waals surface area contributed by atoms with Gasteiger partial charge in [-0.2, -0.15) is 0 Å². The molecule has 0 saturated heterocycles. The quantitative estimate of drug-likeness (QED) is 0.922. The summed E-state index contributed by atoms with van der Waals surface area (Å²) < 4.78 is 2.13. The number of carbonyl (C=O) groups is 1. The Bertz CT molecular complexity index is 688. The van der Waals surface area contributed by atoms with Crippen molar-refractivity contribution < 1.29 is 4.79 Å². The topological polar surface area (TPSA) is 59.8 Å². The second kappa shape index (κ2) is 6.20. The van der Waals surface area contributed by atoms with E-state index in [1.165, 1.54) is 10.4 Å². The van der Waals surface area contributed by atoms with Crippen molar-refractivity contribution in [1.29, 1.82) is 0 Å². The molecule has 0 saturated carbocycles. The summed E-state index contributed by atoms with van der Waals surface area (Å²) in [5.41, 5.74) is 1.29. The Morgan fingerprint density at radius 1 is 1.50 bits per heavy atom. The van der Waals surface area contributed by atoms with E-state index in [1.807, 2.05) is 13.0 Å². The number of aromatic nitrogens is 3. The Morgan fingerprint density at radius 3 is 3.09 bits per heavy atom. The van der Waals surface area contributed by atoms with Crippen molar-refractivity contribution in [2.45, 2.75) is 59.0 Å². The zero-order valence-electron chi connectivity index (χ0n) is 13.3. The molecule has 3 rings (SSSR count). The molecule has 1 amide bonds. The molecule has 0 aromatic carbocycles. The standard InChI is InChI=1S/C16H22N4OS/c1-4-6-12-9-13(22-11(12)3)16(21)17-10(2)15-19-18-14-7-5-8-20(14)15/h9-10H,4-8H2,1-3H3,(H,17,21)/t10-/m0/s1. The molecule has 1 N–H and O–H groups in total. The second-order valence-corrected chi connectivity index (χ2v) is 7.12. The predicted molar refractivity (Wildman–Crippen MR) is 87.3 cm³/mol. The molecule has 2 aromatic heterocycles. The number of hydrogen-bond acceptors (Lipinski definition) is 4. The van der Waals surface area contributed by atoms with E-state index in [0.717, 1.165) is 48.8 Å². The summed E-state index contributed by atoms with van der Waals surface area (Å²) in [7, 11) is 0. The van der Waals surface area contributed by atoms with Crippen molar-refractivity contribution in [3.8, 4) is 0 Å². The van der Waals surface area contributed by atoms with E-state index in [9.17, 15) is 4.79 Å². The van der Waals surface area contributed by atoms with E-state index in [0.29, 0.717) is 0 Å². The van der Waals surface area contributed by atoms with Crippen molar-refractivity contribution >= 4 is 17.2 Å². The molecule has 1 aliphatic heterocycles. The lowest BCUT2D eigenvalue weighted by Crippen LogP contribution is -2.28. The van der Waals surface area contributed by atoms with Gasteiger partial charge in [0.15, 0.2) is 5.82 Å².